The van der Waals surface area contributed by atoms with Crippen molar-refractivity contribution < 1.29 is 5.11 Å². The van der Waals surface area contributed by atoms with Gasteiger partial charge in [0.15, 0.2) is 5.16 Å². The number of halogens is 1. The minimum atomic E-state index is -0.559. The van der Waals surface area contributed by atoms with Crippen LogP contribution in [0, 0.1) is 0 Å². The van der Waals surface area contributed by atoms with Gasteiger partial charge in [-0.15, -0.1) is 10.2 Å². The van der Waals surface area contributed by atoms with Crippen molar-refractivity contribution in [2.75, 3.05) is 23.7 Å². The van der Waals surface area contributed by atoms with Gasteiger partial charge in [-0.05, 0) is 36.6 Å². The first-order chi connectivity index (χ1) is 13.2. The van der Waals surface area contributed by atoms with E-state index < -0.39 is 6.10 Å². The predicted molar refractivity (Wildman–Crippen MR) is 110 cm³/mol. The highest BCUT2D eigenvalue weighted by Crippen LogP contribution is 2.31. The van der Waals surface area contributed by atoms with Crippen LogP contribution in [-0.2, 0) is 0 Å². The van der Waals surface area contributed by atoms with Crippen LogP contribution in [0.25, 0.3) is 5.69 Å². The van der Waals surface area contributed by atoms with Crippen LogP contribution in [-0.4, -0.2) is 38.7 Å². The maximum absolute atomic E-state index is 10.5. The van der Waals surface area contributed by atoms with E-state index in [1.165, 1.54) is 11.8 Å². The van der Waals surface area contributed by atoms with E-state index in [1.54, 1.807) is 0 Å². The quantitative estimate of drug-likeness (QED) is 0.623. The Hall–Kier alpha value is -2.02. The van der Waals surface area contributed by atoms with Gasteiger partial charge in [0.25, 0.3) is 0 Å². The first-order valence-corrected chi connectivity index (χ1v) is 10.4. The Kier molecular flexibility index (Phi) is 5.66. The van der Waals surface area contributed by atoms with Gasteiger partial charge in [0.1, 0.15) is 0 Å². The number of aliphatic hydroxyl groups is 1. The van der Waals surface area contributed by atoms with Crippen molar-refractivity contribution in [2.45, 2.75) is 24.1 Å². The van der Waals surface area contributed by atoms with Crippen LogP contribution in [0.4, 0.5) is 5.95 Å². The largest absolute Gasteiger partial charge is 0.388 e. The van der Waals surface area contributed by atoms with E-state index in [-0.39, 0.29) is 0 Å². The SMILES string of the molecule is OC(CSc1nnc(N2CCCC2)n1-c1cccc(Cl)c1)c1ccccc1. The molecule has 0 spiro atoms. The van der Waals surface area contributed by atoms with Gasteiger partial charge in [-0.25, -0.2) is 0 Å². The first-order valence-electron chi connectivity index (χ1n) is 9.04. The predicted octanol–water partition coefficient (Wildman–Crippen LogP) is 4.35. The van der Waals surface area contributed by atoms with Gasteiger partial charge in [-0.3, -0.25) is 4.57 Å². The summed E-state index contributed by atoms with van der Waals surface area (Å²) in [6.45, 7) is 1.96. The lowest BCUT2D eigenvalue weighted by Gasteiger charge is -2.19. The van der Waals surface area contributed by atoms with Gasteiger partial charge in [-0.2, -0.15) is 0 Å². The normalized spacial score (nSPS) is 15.3. The molecule has 0 saturated carbocycles. The summed E-state index contributed by atoms with van der Waals surface area (Å²) < 4.78 is 2.04. The Balaban J connectivity index is 1.62. The van der Waals surface area contributed by atoms with Gasteiger partial charge >= 0.3 is 0 Å². The summed E-state index contributed by atoms with van der Waals surface area (Å²) in [6, 6.07) is 17.4. The number of benzene rings is 2. The fourth-order valence-corrected chi connectivity index (χ4v) is 4.34. The first kappa shape index (κ1) is 18.3. The Morgan fingerprint density at radius 3 is 2.56 bits per heavy atom. The third-order valence-electron chi connectivity index (χ3n) is 4.63. The molecular weight excluding hydrogens is 380 g/mol. The van der Waals surface area contributed by atoms with Crippen LogP contribution in [0.5, 0.6) is 0 Å². The summed E-state index contributed by atoms with van der Waals surface area (Å²) in [6.07, 6.45) is 1.77. The molecule has 0 bridgehead atoms. The molecule has 1 aliphatic rings. The van der Waals surface area contributed by atoms with E-state index in [9.17, 15) is 5.11 Å². The van der Waals surface area contributed by atoms with Crippen LogP contribution >= 0.6 is 23.4 Å². The van der Waals surface area contributed by atoms with Gasteiger partial charge in [0.05, 0.1) is 11.8 Å². The van der Waals surface area contributed by atoms with Crippen molar-refractivity contribution in [3.05, 3.63) is 65.2 Å². The van der Waals surface area contributed by atoms with E-state index in [0.717, 1.165) is 48.3 Å². The molecule has 4 rings (SSSR count). The van der Waals surface area contributed by atoms with Crippen molar-refractivity contribution >= 4 is 29.3 Å². The van der Waals surface area contributed by atoms with Gasteiger partial charge in [-0.1, -0.05) is 59.8 Å². The third-order valence-corrected chi connectivity index (χ3v) is 5.87. The van der Waals surface area contributed by atoms with Gasteiger partial charge < -0.3 is 10.0 Å². The molecular formula is C20H21ClN4OS. The van der Waals surface area contributed by atoms with E-state index in [4.69, 9.17) is 11.6 Å². The molecule has 7 heteroatoms. The number of rotatable bonds is 6. The molecule has 0 aliphatic carbocycles. The molecule has 1 unspecified atom stereocenters. The number of hydrogen-bond acceptors (Lipinski definition) is 5. The van der Waals surface area contributed by atoms with E-state index in [2.05, 4.69) is 15.1 Å². The van der Waals surface area contributed by atoms with E-state index >= 15 is 0 Å². The maximum atomic E-state index is 10.5. The number of nitrogens with zero attached hydrogens (tertiary/aromatic N) is 4. The fraction of sp³-hybridized carbons (Fsp3) is 0.300. The Bertz CT molecular complexity index is 896. The molecule has 1 aliphatic heterocycles. The zero-order valence-corrected chi connectivity index (χ0v) is 16.4. The molecule has 1 saturated heterocycles. The number of hydrogen-bond donors (Lipinski definition) is 1. The lowest BCUT2D eigenvalue weighted by atomic mass is 10.1. The van der Waals surface area contributed by atoms with Crippen LogP contribution in [0.15, 0.2) is 59.8 Å². The average molecular weight is 401 g/mol. The molecule has 1 N–H and O–H groups in total. The summed E-state index contributed by atoms with van der Waals surface area (Å²) in [4.78, 5) is 2.26. The zero-order chi connectivity index (χ0) is 18.6. The minimum Gasteiger partial charge on any atom is -0.388 e. The zero-order valence-electron chi connectivity index (χ0n) is 14.8. The summed E-state index contributed by atoms with van der Waals surface area (Å²) in [5.41, 5.74) is 1.84. The average Bonchev–Trinajstić information content (AvgIpc) is 3.36. The molecule has 2 heterocycles. The molecule has 2 aromatic carbocycles. The molecule has 27 heavy (non-hydrogen) atoms. The second kappa shape index (κ2) is 8.33. The fourth-order valence-electron chi connectivity index (χ4n) is 3.24. The number of aromatic nitrogens is 3. The lowest BCUT2D eigenvalue weighted by molar-refractivity contribution is 0.204. The van der Waals surface area contributed by atoms with Crippen LogP contribution < -0.4 is 4.90 Å². The standard InChI is InChI=1S/C20H21ClN4OS/c21-16-9-6-10-17(13-16)25-19(24-11-4-5-12-24)22-23-20(25)27-14-18(26)15-7-2-1-3-8-15/h1-3,6-10,13,18,26H,4-5,11-12,14H2. The molecule has 1 aromatic heterocycles. The van der Waals surface area contributed by atoms with Gasteiger partial charge in [0, 0.05) is 23.9 Å². The summed E-state index contributed by atoms with van der Waals surface area (Å²) in [5, 5.41) is 20.8. The van der Waals surface area contributed by atoms with E-state index in [1.807, 2.05) is 59.2 Å². The molecule has 0 amide bonds. The lowest BCUT2D eigenvalue weighted by Crippen LogP contribution is -2.22. The Morgan fingerprint density at radius 1 is 1.04 bits per heavy atom. The summed E-state index contributed by atoms with van der Waals surface area (Å²) >= 11 is 7.72. The number of aliphatic hydroxyl groups excluding tert-OH is 1. The second-order valence-corrected chi connectivity index (χ2v) is 7.95. The smallest absolute Gasteiger partial charge is 0.232 e. The van der Waals surface area contributed by atoms with E-state index in [0.29, 0.717) is 10.8 Å². The van der Waals surface area contributed by atoms with Crippen LogP contribution in [0.2, 0.25) is 5.02 Å². The Labute approximate surface area is 168 Å². The third kappa shape index (κ3) is 4.13. The van der Waals surface area contributed by atoms with Crippen LogP contribution in [0.1, 0.15) is 24.5 Å². The molecule has 0 radical (unpaired) electrons. The number of thioether (sulfide) groups is 1. The topological polar surface area (TPSA) is 54.2 Å². The minimum absolute atomic E-state index is 0.503. The molecule has 3 aromatic rings. The maximum Gasteiger partial charge on any atom is 0.232 e. The highest BCUT2D eigenvalue weighted by atomic mass is 35.5. The molecule has 1 atom stereocenters. The molecule has 5 nitrogen and oxygen atoms in total. The van der Waals surface area contributed by atoms with Crippen molar-refractivity contribution in [1.82, 2.24) is 14.8 Å². The highest BCUT2D eigenvalue weighted by molar-refractivity contribution is 7.99. The molecule has 140 valence electrons. The monoisotopic (exact) mass is 400 g/mol. The van der Waals surface area contributed by atoms with Crippen LogP contribution in [0.3, 0.4) is 0 Å². The van der Waals surface area contributed by atoms with Crippen molar-refractivity contribution in [2.24, 2.45) is 0 Å². The van der Waals surface area contributed by atoms with Gasteiger partial charge in [0.2, 0.25) is 5.95 Å². The Morgan fingerprint density at radius 2 is 1.81 bits per heavy atom. The second-order valence-electron chi connectivity index (χ2n) is 6.53. The summed E-state index contributed by atoms with van der Waals surface area (Å²) in [7, 11) is 0. The van der Waals surface area contributed by atoms with Crippen molar-refractivity contribution in [1.29, 1.82) is 0 Å². The highest BCUT2D eigenvalue weighted by Gasteiger charge is 2.23. The van der Waals surface area contributed by atoms with Crippen molar-refractivity contribution in [3.63, 3.8) is 0 Å². The summed E-state index contributed by atoms with van der Waals surface area (Å²) in [5.74, 6) is 1.34. The van der Waals surface area contributed by atoms with Crippen molar-refractivity contribution in [3.8, 4) is 5.69 Å². The number of anilines is 1. The molecule has 1 fully saturated rings.